The summed E-state index contributed by atoms with van der Waals surface area (Å²) in [6, 6.07) is 11.4. The first kappa shape index (κ1) is 18.6. The minimum absolute atomic E-state index is 0.0549. The van der Waals surface area contributed by atoms with Crippen LogP contribution in [0.4, 0.5) is 5.82 Å². The molecule has 0 atom stereocenters. The molecule has 1 aliphatic heterocycles. The second-order valence-corrected chi connectivity index (χ2v) is 7.38. The van der Waals surface area contributed by atoms with Gasteiger partial charge in [-0.1, -0.05) is 24.2 Å². The van der Waals surface area contributed by atoms with Crippen LogP contribution in [0.15, 0.2) is 51.6 Å². The molecule has 1 aliphatic rings. The first-order valence-corrected chi connectivity index (χ1v) is 10.0. The van der Waals surface area contributed by atoms with Crippen molar-refractivity contribution < 1.29 is 9.32 Å². The van der Waals surface area contributed by atoms with Gasteiger partial charge in [0.2, 0.25) is 11.7 Å². The fourth-order valence-corrected chi connectivity index (χ4v) is 3.62. The highest BCUT2D eigenvalue weighted by molar-refractivity contribution is 9.10. The molecule has 144 valence electrons. The molecule has 0 saturated carbocycles. The third-order valence-electron chi connectivity index (χ3n) is 4.77. The minimum Gasteiger partial charge on any atom is -0.353 e. The average Bonchev–Trinajstić information content (AvgIpc) is 3.23. The third kappa shape index (κ3) is 3.77. The maximum Gasteiger partial charge on any atom is 0.255 e. The first-order chi connectivity index (χ1) is 13.7. The van der Waals surface area contributed by atoms with Gasteiger partial charge in [0.25, 0.3) is 5.91 Å². The first-order valence-electron chi connectivity index (χ1n) is 9.23. The van der Waals surface area contributed by atoms with Gasteiger partial charge in [-0.2, -0.15) is 4.98 Å². The summed E-state index contributed by atoms with van der Waals surface area (Å²) in [5.41, 5.74) is 1.53. The average molecular weight is 442 g/mol. The molecule has 0 spiro atoms. The fraction of sp³-hybridized carbons (Fsp3) is 0.300. The Hall–Kier alpha value is -2.74. The quantitative estimate of drug-likeness (QED) is 0.617. The molecule has 4 rings (SSSR count). The fourth-order valence-electron chi connectivity index (χ4n) is 3.16. The highest BCUT2D eigenvalue weighted by Gasteiger charge is 2.24. The Kier molecular flexibility index (Phi) is 5.38. The van der Waals surface area contributed by atoms with Crippen LogP contribution in [-0.4, -0.2) is 52.1 Å². The number of halogens is 1. The van der Waals surface area contributed by atoms with Gasteiger partial charge in [-0.15, -0.1) is 0 Å². The van der Waals surface area contributed by atoms with Crippen molar-refractivity contribution in [3.8, 4) is 11.4 Å². The van der Waals surface area contributed by atoms with E-state index in [1.807, 2.05) is 48.2 Å². The lowest BCUT2D eigenvalue weighted by molar-refractivity contribution is 0.0745. The Bertz CT molecular complexity index is 965. The Morgan fingerprint density at radius 3 is 2.57 bits per heavy atom. The van der Waals surface area contributed by atoms with E-state index in [-0.39, 0.29) is 5.91 Å². The van der Waals surface area contributed by atoms with Crippen molar-refractivity contribution in [2.24, 2.45) is 0 Å². The monoisotopic (exact) mass is 441 g/mol. The van der Waals surface area contributed by atoms with Crippen molar-refractivity contribution in [1.82, 2.24) is 20.0 Å². The smallest absolute Gasteiger partial charge is 0.255 e. The van der Waals surface area contributed by atoms with E-state index in [2.05, 4.69) is 36.0 Å². The van der Waals surface area contributed by atoms with E-state index >= 15 is 0 Å². The summed E-state index contributed by atoms with van der Waals surface area (Å²) in [7, 11) is 0. The molecule has 3 heterocycles. The zero-order valence-electron chi connectivity index (χ0n) is 15.5. The van der Waals surface area contributed by atoms with Gasteiger partial charge in [0.1, 0.15) is 5.82 Å². The van der Waals surface area contributed by atoms with E-state index in [4.69, 9.17) is 4.52 Å². The Labute approximate surface area is 171 Å². The largest absolute Gasteiger partial charge is 0.353 e. The van der Waals surface area contributed by atoms with Crippen molar-refractivity contribution in [2.75, 3.05) is 31.1 Å². The normalized spacial score (nSPS) is 14.4. The van der Waals surface area contributed by atoms with Gasteiger partial charge in [0, 0.05) is 48.8 Å². The SMILES string of the molecule is CCc1nc(-c2ccc(N3CCN(C(=O)c4ccccc4Br)CC3)nc2)no1. The van der Waals surface area contributed by atoms with Crippen molar-refractivity contribution >= 4 is 27.7 Å². The van der Waals surface area contributed by atoms with Crippen molar-refractivity contribution in [3.05, 3.63) is 58.5 Å². The van der Waals surface area contributed by atoms with Crippen LogP contribution in [0.5, 0.6) is 0 Å². The van der Waals surface area contributed by atoms with Gasteiger partial charge in [0.05, 0.1) is 5.56 Å². The van der Waals surface area contributed by atoms with Gasteiger partial charge in [-0.05, 0) is 40.2 Å². The number of anilines is 1. The number of carbonyl (C=O) groups is 1. The zero-order valence-corrected chi connectivity index (χ0v) is 17.1. The third-order valence-corrected chi connectivity index (χ3v) is 5.46. The molecule has 8 heteroatoms. The Morgan fingerprint density at radius 2 is 1.93 bits per heavy atom. The van der Waals surface area contributed by atoms with Crippen LogP contribution in [-0.2, 0) is 6.42 Å². The van der Waals surface area contributed by atoms with Crippen LogP contribution >= 0.6 is 15.9 Å². The van der Waals surface area contributed by atoms with Crippen molar-refractivity contribution in [2.45, 2.75) is 13.3 Å². The van der Waals surface area contributed by atoms with Crippen LogP contribution < -0.4 is 4.90 Å². The molecule has 0 radical (unpaired) electrons. The molecule has 28 heavy (non-hydrogen) atoms. The van der Waals surface area contributed by atoms with Gasteiger partial charge in [-0.3, -0.25) is 4.79 Å². The molecule has 0 bridgehead atoms. The van der Waals surface area contributed by atoms with E-state index in [0.29, 0.717) is 36.8 Å². The number of pyridine rings is 1. The summed E-state index contributed by atoms with van der Waals surface area (Å²) in [4.78, 5) is 25.7. The van der Waals surface area contributed by atoms with Crippen molar-refractivity contribution in [3.63, 3.8) is 0 Å². The number of amides is 1. The van der Waals surface area contributed by atoms with E-state index in [0.717, 1.165) is 28.9 Å². The number of benzene rings is 1. The van der Waals surface area contributed by atoms with E-state index in [9.17, 15) is 4.79 Å². The molecular weight excluding hydrogens is 422 g/mol. The molecule has 1 fully saturated rings. The number of hydrogen-bond acceptors (Lipinski definition) is 6. The molecule has 1 aromatic carbocycles. The van der Waals surface area contributed by atoms with Crippen LogP contribution in [0.1, 0.15) is 23.2 Å². The highest BCUT2D eigenvalue weighted by Crippen LogP contribution is 2.22. The second kappa shape index (κ2) is 8.10. The summed E-state index contributed by atoms with van der Waals surface area (Å²) >= 11 is 3.46. The van der Waals surface area contributed by atoms with Gasteiger partial charge >= 0.3 is 0 Å². The summed E-state index contributed by atoms with van der Waals surface area (Å²) < 4.78 is 5.98. The van der Waals surface area contributed by atoms with Crippen LogP contribution in [0.3, 0.4) is 0 Å². The predicted molar refractivity (Wildman–Crippen MR) is 109 cm³/mol. The lowest BCUT2D eigenvalue weighted by atomic mass is 10.2. The van der Waals surface area contributed by atoms with Gasteiger partial charge in [0.15, 0.2) is 0 Å². The molecule has 7 nitrogen and oxygen atoms in total. The second-order valence-electron chi connectivity index (χ2n) is 6.53. The standard InChI is InChI=1S/C20H20BrN5O2/c1-2-18-23-19(24-28-18)14-7-8-17(22-13-14)25-9-11-26(12-10-25)20(27)15-5-3-4-6-16(15)21/h3-8,13H,2,9-12H2,1H3. The summed E-state index contributed by atoms with van der Waals surface area (Å²) in [5.74, 6) is 2.11. The molecule has 3 aromatic rings. The summed E-state index contributed by atoms with van der Waals surface area (Å²) in [6.07, 6.45) is 2.47. The zero-order chi connectivity index (χ0) is 19.5. The lowest BCUT2D eigenvalue weighted by Gasteiger charge is -2.35. The number of rotatable bonds is 4. The molecule has 1 saturated heterocycles. The van der Waals surface area contributed by atoms with Crippen LogP contribution in [0, 0.1) is 0 Å². The molecule has 0 N–H and O–H groups in total. The Morgan fingerprint density at radius 1 is 1.14 bits per heavy atom. The number of aryl methyl sites for hydroxylation is 1. The van der Waals surface area contributed by atoms with Gasteiger partial charge in [-0.25, -0.2) is 4.98 Å². The highest BCUT2D eigenvalue weighted by atomic mass is 79.9. The van der Waals surface area contributed by atoms with E-state index in [1.54, 1.807) is 6.20 Å². The van der Waals surface area contributed by atoms with Crippen LogP contribution in [0.2, 0.25) is 0 Å². The number of hydrogen-bond donors (Lipinski definition) is 0. The van der Waals surface area contributed by atoms with Crippen molar-refractivity contribution in [1.29, 1.82) is 0 Å². The van der Waals surface area contributed by atoms with Crippen LogP contribution in [0.25, 0.3) is 11.4 Å². The number of nitrogens with zero attached hydrogens (tertiary/aromatic N) is 5. The Balaban J connectivity index is 1.40. The topological polar surface area (TPSA) is 75.4 Å². The minimum atomic E-state index is 0.0549. The molecule has 0 unspecified atom stereocenters. The lowest BCUT2D eigenvalue weighted by Crippen LogP contribution is -2.49. The van der Waals surface area contributed by atoms with E-state index in [1.165, 1.54) is 0 Å². The summed E-state index contributed by atoms with van der Waals surface area (Å²) in [5, 5.41) is 3.98. The molecule has 1 amide bonds. The number of aromatic nitrogens is 3. The predicted octanol–water partition coefficient (Wildman–Crippen LogP) is 3.42. The molecular formula is C20H20BrN5O2. The maximum absolute atomic E-state index is 12.7. The van der Waals surface area contributed by atoms with E-state index < -0.39 is 0 Å². The molecule has 2 aromatic heterocycles. The summed E-state index contributed by atoms with van der Waals surface area (Å²) in [6.45, 7) is 4.78. The number of carbonyl (C=O) groups excluding carboxylic acids is 1. The number of piperazine rings is 1. The van der Waals surface area contributed by atoms with Gasteiger partial charge < -0.3 is 14.3 Å². The molecule has 0 aliphatic carbocycles. The maximum atomic E-state index is 12.7.